The highest BCUT2D eigenvalue weighted by Gasteiger charge is 2.12. The van der Waals surface area contributed by atoms with Gasteiger partial charge in [0.1, 0.15) is 5.82 Å². The van der Waals surface area contributed by atoms with Crippen LogP contribution in [0.3, 0.4) is 0 Å². The molecule has 0 bridgehead atoms. The van der Waals surface area contributed by atoms with Gasteiger partial charge >= 0.3 is 0 Å². The summed E-state index contributed by atoms with van der Waals surface area (Å²) in [5.74, 6) is 2.12. The summed E-state index contributed by atoms with van der Waals surface area (Å²) in [5.41, 5.74) is 1.65. The summed E-state index contributed by atoms with van der Waals surface area (Å²) in [5, 5.41) is 0.647. The predicted molar refractivity (Wildman–Crippen MR) is 106 cm³/mol. The molecule has 25 heavy (non-hydrogen) atoms. The number of rotatable bonds is 3. The maximum Gasteiger partial charge on any atom is 0.261 e. The topological polar surface area (TPSA) is 53.4 Å². The Kier molecular flexibility index (Phi) is 4.20. The van der Waals surface area contributed by atoms with Crippen LogP contribution < -0.4 is 15.0 Å². The van der Waals surface area contributed by atoms with Gasteiger partial charge in [0.2, 0.25) is 6.79 Å². The Hall–Kier alpha value is -2.35. The van der Waals surface area contributed by atoms with E-state index >= 15 is 0 Å². The zero-order chi connectivity index (χ0) is 17.4. The number of hydrogen-bond acceptors (Lipinski definition) is 4. The molecule has 126 valence electrons. The van der Waals surface area contributed by atoms with Gasteiger partial charge in [-0.05, 0) is 71.5 Å². The Morgan fingerprint density at radius 1 is 1.16 bits per heavy atom. The second-order valence-electron chi connectivity index (χ2n) is 5.63. The Morgan fingerprint density at radius 3 is 2.84 bits per heavy atom. The van der Waals surface area contributed by atoms with Crippen LogP contribution >= 0.6 is 22.6 Å². The first-order valence-electron chi connectivity index (χ1n) is 7.93. The van der Waals surface area contributed by atoms with Crippen molar-refractivity contribution in [3.8, 4) is 11.5 Å². The van der Waals surface area contributed by atoms with Crippen LogP contribution in [0, 0.1) is 3.57 Å². The first kappa shape index (κ1) is 16.1. The summed E-state index contributed by atoms with van der Waals surface area (Å²) in [7, 11) is 0. The van der Waals surface area contributed by atoms with E-state index in [4.69, 9.17) is 9.47 Å². The highest BCUT2D eigenvalue weighted by Crippen LogP contribution is 2.32. The second kappa shape index (κ2) is 6.51. The third-order valence-electron chi connectivity index (χ3n) is 4.08. The fraction of sp³-hybridized carbons (Fsp3) is 0.158. The minimum Gasteiger partial charge on any atom is -0.454 e. The van der Waals surface area contributed by atoms with Gasteiger partial charge in [-0.25, -0.2) is 4.98 Å². The summed E-state index contributed by atoms with van der Waals surface area (Å²) in [4.78, 5) is 17.4. The lowest BCUT2D eigenvalue weighted by Gasteiger charge is -2.09. The van der Waals surface area contributed by atoms with Crippen LogP contribution in [0.5, 0.6) is 11.5 Å². The molecule has 0 saturated heterocycles. The monoisotopic (exact) mass is 446 g/mol. The SMILES string of the molecule is CCn1c(/C=C/c2ccc3c(c2)OCO3)nc2ccc(I)cc2c1=O. The molecule has 2 aromatic carbocycles. The standard InChI is InChI=1S/C19H15IN2O3/c1-2-22-18(21-15-6-5-13(20)10-14(15)19(22)23)8-4-12-3-7-16-17(9-12)25-11-24-16/h3-10H,2,11H2,1H3/b8-4+. The molecule has 6 heteroatoms. The lowest BCUT2D eigenvalue weighted by molar-refractivity contribution is 0.174. The minimum absolute atomic E-state index is 0.0173. The molecule has 1 aliphatic heterocycles. The summed E-state index contributed by atoms with van der Waals surface area (Å²) in [6.07, 6.45) is 3.79. The van der Waals surface area contributed by atoms with Crippen molar-refractivity contribution in [2.45, 2.75) is 13.5 Å². The van der Waals surface area contributed by atoms with Crippen molar-refractivity contribution in [3.63, 3.8) is 0 Å². The van der Waals surface area contributed by atoms with Crippen molar-refractivity contribution in [2.75, 3.05) is 6.79 Å². The van der Waals surface area contributed by atoms with Crippen molar-refractivity contribution in [1.82, 2.24) is 9.55 Å². The van der Waals surface area contributed by atoms with Crippen molar-refractivity contribution in [2.24, 2.45) is 0 Å². The fourth-order valence-corrected chi connectivity index (χ4v) is 3.32. The summed E-state index contributed by atoms with van der Waals surface area (Å²) in [6, 6.07) is 11.5. The molecule has 0 spiro atoms. The van der Waals surface area contributed by atoms with Crippen molar-refractivity contribution in [3.05, 3.63) is 61.7 Å². The molecule has 0 N–H and O–H groups in total. The maximum absolute atomic E-state index is 12.7. The average molecular weight is 446 g/mol. The number of ether oxygens (including phenoxy) is 2. The van der Waals surface area contributed by atoms with Crippen LogP contribution in [0.1, 0.15) is 18.3 Å². The molecule has 5 nitrogen and oxygen atoms in total. The third-order valence-corrected chi connectivity index (χ3v) is 4.75. The molecule has 2 heterocycles. The van der Waals surface area contributed by atoms with E-state index in [1.54, 1.807) is 4.57 Å². The zero-order valence-corrected chi connectivity index (χ0v) is 15.7. The first-order chi connectivity index (χ1) is 12.2. The third kappa shape index (κ3) is 3.02. The smallest absolute Gasteiger partial charge is 0.261 e. The number of hydrogen-bond donors (Lipinski definition) is 0. The van der Waals surface area contributed by atoms with E-state index in [1.165, 1.54) is 0 Å². The molecule has 4 rings (SSSR count). The molecule has 0 unspecified atom stereocenters. The number of aromatic nitrogens is 2. The Balaban J connectivity index is 1.78. The highest BCUT2D eigenvalue weighted by molar-refractivity contribution is 14.1. The van der Waals surface area contributed by atoms with E-state index in [-0.39, 0.29) is 12.4 Å². The summed E-state index contributed by atoms with van der Waals surface area (Å²) in [6.45, 7) is 2.76. The van der Waals surface area contributed by atoms with Crippen LogP contribution in [-0.2, 0) is 6.54 Å². The summed E-state index contributed by atoms with van der Waals surface area (Å²) >= 11 is 2.20. The van der Waals surface area contributed by atoms with Gasteiger partial charge in [0, 0.05) is 10.1 Å². The normalized spacial score (nSPS) is 13.0. The molecular weight excluding hydrogens is 431 g/mol. The van der Waals surface area contributed by atoms with Gasteiger partial charge in [-0.3, -0.25) is 9.36 Å². The first-order valence-corrected chi connectivity index (χ1v) is 9.01. The van der Waals surface area contributed by atoms with E-state index in [9.17, 15) is 4.79 Å². The quantitative estimate of drug-likeness (QED) is 0.573. The number of nitrogens with zero attached hydrogens (tertiary/aromatic N) is 2. The van der Waals surface area contributed by atoms with Gasteiger partial charge in [-0.15, -0.1) is 0 Å². The van der Waals surface area contributed by atoms with E-state index in [2.05, 4.69) is 27.6 Å². The molecule has 3 aromatic rings. The fourth-order valence-electron chi connectivity index (χ4n) is 2.83. The Labute approximate surface area is 158 Å². The Bertz CT molecular complexity index is 1060. The van der Waals surface area contributed by atoms with Crippen molar-refractivity contribution >= 4 is 45.6 Å². The van der Waals surface area contributed by atoms with Crippen LogP contribution in [0.25, 0.3) is 23.1 Å². The maximum atomic E-state index is 12.7. The van der Waals surface area contributed by atoms with E-state index in [0.717, 1.165) is 20.6 Å². The minimum atomic E-state index is -0.0173. The number of benzene rings is 2. The van der Waals surface area contributed by atoms with E-state index < -0.39 is 0 Å². The van der Waals surface area contributed by atoms with Crippen LogP contribution in [0.15, 0.2) is 41.2 Å². The number of fused-ring (bicyclic) bond motifs is 2. The van der Waals surface area contributed by atoms with Gasteiger partial charge in [-0.2, -0.15) is 0 Å². The molecule has 0 radical (unpaired) electrons. The van der Waals surface area contributed by atoms with Crippen LogP contribution in [0.4, 0.5) is 0 Å². The second-order valence-corrected chi connectivity index (χ2v) is 6.87. The average Bonchev–Trinajstić information content (AvgIpc) is 3.08. The molecule has 0 aliphatic carbocycles. The van der Waals surface area contributed by atoms with Crippen LogP contribution in [0.2, 0.25) is 0 Å². The van der Waals surface area contributed by atoms with Gasteiger partial charge in [0.15, 0.2) is 11.5 Å². The van der Waals surface area contributed by atoms with E-state index in [1.807, 2.05) is 55.5 Å². The molecule has 0 atom stereocenters. The summed E-state index contributed by atoms with van der Waals surface area (Å²) < 4.78 is 13.4. The predicted octanol–water partition coefficient (Wildman–Crippen LogP) is 3.92. The largest absolute Gasteiger partial charge is 0.454 e. The Morgan fingerprint density at radius 2 is 2.00 bits per heavy atom. The lowest BCUT2D eigenvalue weighted by atomic mass is 10.2. The van der Waals surface area contributed by atoms with Gasteiger partial charge in [-0.1, -0.05) is 12.1 Å². The van der Waals surface area contributed by atoms with Gasteiger partial charge < -0.3 is 9.47 Å². The van der Waals surface area contributed by atoms with Gasteiger partial charge in [0.25, 0.3) is 5.56 Å². The molecule has 1 aliphatic rings. The van der Waals surface area contributed by atoms with Crippen molar-refractivity contribution in [1.29, 1.82) is 0 Å². The number of halogens is 1. The van der Waals surface area contributed by atoms with Crippen LogP contribution in [-0.4, -0.2) is 16.3 Å². The van der Waals surface area contributed by atoms with E-state index in [0.29, 0.717) is 23.3 Å². The van der Waals surface area contributed by atoms with Gasteiger partial charge in [0.05, 0.1) is 10.9 Å². The molecule has 1 aromatic heterocycles. The molecule has 0 saturated carbocycles. The molecule has 0 amide bonds. The molecular formula is C19H15IN2O3. The lowest BCUT2D eigenvalue weighted by Crippen LogP contribution is -2.23. The highest BCUT2D eigenvalue weighted by atomic mass is 127. The van der Waals surface area contributed by atoms with Crippen molar-refractivity contribution < 1.29 is 9.47 Å². The zero-order valence-electron chi connectivity index (χ0n) is 13.5. The molecule has 0 fully saturated rings.